The largest absolute Gasteiger partial charge is 0.369 e. The second-order valence-electron chi connectivity index (χ2n) is 6.43. The number of hydrogen-bond donors (Lipinski definition) is 3. The minimum Gasteiger partial charge on any atom is -0.369 e. The molecule has 0 bridgehead atoms. The molecule has 1 saturated heterocycles. The molecule has 1 aromatic rings. The van der Waals surface area contributed by atoms with Gasteiger partial charge in [-0.3, -0.25) is 4.99 Å². The zero-order valence-electron chi connectivity index (χ0n) is 15.7. The van der Waals surface area contributed by atoms with E-state index in [9.17, 15) is 8.42 Å². The number of aliphatic imine (C=N–C) groups is 1. The van der Waals surface area contributed by atoms with Crippen molar-refractivity contribution in [2.75, 3.05) is 44.4 Å². The van der Waals surface area contributed by atoms with Gasteiger partial charge < -0.3 is 15.5 Å². The fraction of sp³-hybridized carbons (Fsp3) is 0.588. The predicted molar refractivity (Wildman–Crippen MR) is 119 cm³/mol. The van der Waals surface area contributed by atoms with Gasteiger partial charge in [-0.1, -0.05) is 17.7 Å². The van der Waals surface area contributed by atoms with E-state index in [0.717, 1.165) is 32.2 Å². The van der Waals surface area contributed by atoms with Crippen LogP contribution >= 0.6 is 24.0 Å². The Kier molecular flexibility index (Phi) is 9.66. The summed E-state index contributed by atoms with van der Waals surface area (Å²) in [5, 5.41) is 6.58. The molecule has 0 spiro atoms. The van der Waals surface area contributed by atoms with Crippen LogP contribution in [0, 0.1) is 6.92 Å². The average molecular weight is 495 g/mol. The molecule has 0 radical (unpaired) electrons. The number of benzene rings is 1. The Morgan fingerprint density at radius 2 is 1.96 bits per heavy atom. The van der Waals surface area contributed by atoms with Gasteiger partial charge >= 0.3 is 0 Å². The van der Waals surface area contributed by atoms with E-state index in [1.54, 1.807) is 7.05 Å². The van der Waals surface area contributed by atoms with Gasteiger partial charge in [-0.2, -0.15) is 0 Å². The second-order valence-corrected chi connectivity index (χ2v) is 8.26. The van der Waals surface area contributed by atoms with Crippen LogP contribution in [-0.4, -0.2) is 59.9 Å². The molecule has 3 N–H and O–H groups in total. The number of anilines is 1. The Bertz CT molecular complexity index is 679. The molecular weight excluding hydrogens is 465 g/mol. The standard InChI is InChI=1S/C17H29N5O2S.HI/c1-14-6-8-16(9-7-14)22-12-4-5-15(13-22)21-17(18-2)19-10-11-20-25(3,23)24;/h6-9,15,20H,4-5,10-13H2,1-3H3,(H2,18,19,21);1H. The summed E-state index contributed by atoms with van der Waals surface area (Å²) < 4.78 is 24.6. The topological polar surface area (TPSA) is 85.8 Å². The summed E-state index contributed by atoms with van der Waals surface area (Å²) >= 11 is 0. The maximum atomic E-state index is 11.1. The van der Waals surface area contributed by atoms with Crippen molar-refractivity contribution in [1.82, 2.24) is 15.4 Å². The average Bonchev–Trinajstić information content (AvgIpc) is 2.57. The first-order valence-corrected chi connectivity index (χ1v) is 10.5. The molecule has 1 aliphatic heterocycles. The Balaban J connectivity index is 0.00000338. The first-order valence-electron chi connectivity index (χ1n) is 8.61. The van der Waals surface area contributed by atoms with Crippen molar-refractivity contribution in [3.8, 4) is 0 Å². The highest BCUT2D eigenvalue weighted by Gasteiger charge is 2.20. The maximum Gasteiger partial charge on any atom is 0.208 e. The van der Waals surface area contributed by atoms with E-state index in [0.29, 0.717) is 25.1 Å². The number of piperidine rings is 1. The lowest BCUT2D eigenvalue weighted by molar-refractivity contribution is 0.468. The molecule has 7 nitrogen and oxygen atoms in total. The third-order valence-electron chi connectivity index (χ3n) is 4.17. The molecule has 1 aromatic carbocycles. The molecule has 2 rings (SSSR count). The first-order chi connectivity index (χ1) is 11.9. The predicted octanol–water partition coefficient (Wildman–Crippen LogP) is 1.30. The zero-order valence-corrected chi connectivity index (χ0v) is 18.8. The van der Waals surface area contributed by atoms with Crippen molar-refractivity contribution in [2.45, 2.75) is 25.8 Å². The molecule has 1 fully saturated rings. The van der Waals surface area contributed by atoms with Crippen molar-refractivity contribution in [3.63, 3.8) is 0 Å². The van der Waals surface area contributed by atoms with Gasteiger partial charge in [0, 0.05) is 45.0 Å². The maximum absolute atomic E-state index is 11.1. The summed E-state index contributed by atoms with van der Waals surface area (Å²) in [6.07, 6.45) is 3.37. The fourth-order valence-corrected chi connectivity index (χ4v) is 3.36. The first kappa shape index (κ1) is 23.0. The van der Waals surface area contributed by atoms with Gasteiger partial charge in [0.1, 0.15) is 0 Å². The number of nitrogens with one attached hydrogen (secondary N) is 3. The van der Waals surface area contributed by atoms with Gasteiger partial charge in [-0.05, 0) is 31.9 Å². The summed E-state index contributed by atoms with van der Waals surface area (Å²) in [6, 6.07) is 8.93. The zero-order chi connectivity index (χ0) is 18.3. The molecule has 0 aliphatic carbocycles. The molecule has 0 aromatic heterocycles. The smallest absolute Gasteiger partial charge is 0.208 e. The number of halogens is 1. The normalized spacial score (nSPS) is 18.2. The Morgan fingerprint density at radius 1 is 1.27 bits per heavy atom. The monoisotopic (exact) mass is 495 g/mol. The van der Waals surface area contributed by atoms with Crippen molar-refractivity contribution in [1.29, 1.82) is 0 Å². The van der Waals surface area contributed by atoms with Crippen LogP contribution in [0.5, 0.6) is 0 Å². The molecule has 0 saturated carbocycles. The number of nitrogens with zero attached hydrogens (tertiary/aromatic N) is 2. The summed E-state index contributed by atoms with van der Waals surface area (Å²) in [7, 11) is -1.43. The Labute approximate surface area is 174 Å². The highest BCUT2D eigenvalue weighted by atomic mass is 127. The highest BCUT2D eigenvalue weighted by molar-refractivity contribution is 14.0. The summed E-state index contributed by atoms with van der Waals surface area (Å²) in [6.45, 7) is 4.90. The van der Waals surface area contributed by atoms with E-state index in [-0.39, 0.29) is 24.0 Å². The number of aryl methyl sites for hydroxylation is 1. The molecule has 1 heterocycles. The van der Waals surface area contributed by atoms with Gasteiger partial charge in [0.25, 0.3) is 0 Å². The van der Waals surface area contributed by atoms with E-state index in [4.69, 9.17) is 0 Å². The number of guanidine groups is 1. The number of hydrogen-bond acceptors (Lipinski definition) is 4. The molecule has 0 amide bonds. The SMILES string of the molecule is CN=C(NCCNS(C)(=O)=O)NC1CCCN(c2ccc(C)cc2)C1.I. The van der Waals surface area contributed by atoms with Crippen LogP contribution in [0.4, 0.5) is 5.69 Å². The third-order valence-corrected chi connectivity index (χ3v) is 4.90. The van der Waals surface area contributed by atoms with E-state index in [2.05, 4.69) is 56.4 Å². The van der Waals surface area contributed by atoms with Crippen LogP contribution < -0.4 is 20.3 Å². The molecule has 9 heteroatoms. The fourth-order valence-electron chi connectivity index (χ4n) is 2.89. The van der Waals surface area contributed by atoms with E-state index in [1.807, 2.05) is 0 Å². The minimum absolute atomic E-state index is 0. The number of rotatable bonds is 6. The van der Waals surface area contributed by atoms with Crippen molar-refractivity contribution < 1.29 is 8.42 Å². The number of sulfonamides is 1. The molecule has 26 heavy (non-hydrogen) atoms. The molecule has 1 atom stereocenters. The van der Waals surface area contributed by atoms with Crippen LogP contribution in [0.15, 0.2) is 29.3 Å². The third kappa shape index (κ3) is 8.09. The van der Waals surface area contributed by atoms with Crippen molar-refractivity contribution in [2.24, 2.45) is 4.99 Å². The second kappa shape index (κ2) is 10.9. The van der Waals surface area contributed by atoms with Gasteiger partial charge in [0.15, 0.2) is 5.96 Å². The lowest BCUT2D eigenvalue weighted by atomic mass is 10.0. The Morgan fingerprint density at radius 3 is 2.58 bits per heavy atom. The molecular formula is C17H30IN5O2S. The van der Waals surface area contributed by atoms with Crippen LogP contribution in [0.3, 0.4) is 0 Å². The van der Waals surface area contributed by atoms with Crippen LogP contribution in [0.25, 0.3) is 0 Å². The summed E-state index contributed by atoms with van der Waals surface area (Å²) in [4.78, 5) is 6.61. The lowest BCUT2D eigenvalue weighted by Crippen LogP contribution is -2.52. The van der Waals surface area contributed by atoms with Crippen molar-refractivity contribution in [3.05, 3.63) is 29.8 Å². The summed E-state index contributed by atoms with van der Waals surface area (Å²) in [5.74, 6) is 0.700. The molecule has 1 unspecified atom stereocenters. The highest BCUT2D eigenvalue weighted by Crippen LogP contribution is 2.20. The van der Waals surface area contributed by atoms with Gasteiger partial charge in [0.2, 0.25) is 10.0 Å². The minimum atomic E-state index is -3.15. The van der Waals surface area contributed by atoms with Gasteiger partial charge in [-0.25, -0.2) is 13.1 Å². The van der Waals surface area contributed by atoms with Crippen LogP contribution in [-0.2, 0) is 10.0 Å². The van der Waals surface area contributed by atoms with Gasteiger partial charge in [-0.15, -0.1) is 24.0 Å². The summed E-state index contributed by atoms with van der Waals surface area (Å²) in [5.41, 5.74) is 2.51. The van der Waals surface area contributed by atoms with E-state index in [1.165, 1.54) is 11.3 Å². The quantitative estimate of drug-likeness (QED) is 0.240. The van der Waals surface area contributed by atoms with Gasteiger partial charge in [0.05, 0.1) is 6.26 Å². The van der Waals surface area contributed by atoms with E-state index < -0.39 is 10.0 Å². The Hall–Kier alpha value is -1.07. The molecule has 1 aliphatic rings. The van der Waals surface area contributed by atoms with Crippen LogP contribution in [0.2, 0.25) is 0 Å². The van der Waals surface area contributed by atoms with Crippen LogP contribution in [0.1, 0.15) is 18.4 Å². The van der Waals surface area contributed by atoms with Crippen molar-refractivity contribution >= 4 is 45.6 Å². The van der Waals surface area contributed by atoms with E-state index >= 15 is 0 Å². The lowest BCUT2D eigenvalue weighted by Gasteiger charge is -2.35. The molecule has 148 valence electrons.